The molecular formula is C56H89N9O13. The van der Waals surface area contributed by atoms with Gasteiger partial charge in [0.05, 0.1) is 18.2 Å². The van der Waals surface area contributed by atoms with Crippen molar-refractivity contribution in [3.63, 3.8) is 0 Å². The van der Waals surface area contributed by atoms with Crippen LogP contribution in [-0.4, -0.2) is 140 Å². The monoisotopic (exact) mass is 1100 g/mol. The van der Waals surface area contributed by atoms with Crippen LogP contribution in [0.15, 0.2) is 54.6 Å². The summed E-state index contributed by atoms with van der Waals surface area (Å²) >= 11 is 0. The number of aliphatic hydroxyl groups is 2. The molecule has 8 amide bonds. The van der Waals surface area contributed by atoms with Gasteiger partial charge in [-0.2, -0.15) is 0 Å². The highest BCUT2D eigenvalue weighted by Crippen LogP contribution is 2.17. The number of phenols is 1. The first-order valence-corrected chi connectivity index (χ1v) is 27.1. The number of aromatic hydroxyl groups is 1. The summed E-state index contributed by atoms with van der Waals surface area (Å²) in [5, 5.41) is 62.2. The molecule has 22 nitrogen and oxygen atoms in total. The van der Waals surface area contributed by atoms with Crippen LogP contribution in [0.1, 0.15) is 126 Å². The molecule has 0 spiro atoms. The topological polar surface area (TPSA) is 357 Å². The SMILES string of the molecule is CC[C@H](C)[C@H](NC(=O)[C@@H](NC(=O)[C@H](CC(C)C)NC(=O)[C@@H](NC(=O)[C@H](Cc1ccc(O)cc1)NC(=O)[C@@H](NC(=O)[C@H](CC(C)C)NC(=O)[C@H](CC(C)C)NC(=O)[C@@H](N)Cc1ccccc1)[C@@H](C)O)[C@@H](C)CC)[C@@H](C)O)C(=O)O. The summed E-state index contributed by atoms with van der Waals surface area (Å²) in [4.78, 5) is 124. The molecule has 13 atom stereocenters. The first kappa shape index (κ1) is 67.5. The van der Waals surface area contributed by atoms with E-state index in [1.54, 1.807) is 41.5 Å². The number of benzene rings is 2. The number of phenolic OH excluding ortho intramolecular Hbond substituents is 1. The van der Waals surface area contributed by atoms with E-state index in [4.69, 9.17) is 5.73 Å². The molecule has 0 saturated heterocycles. The van der Waals surface area contributed by atoms with E-state index in [9.17, 15) is 63.6 Å². The summed E-state index contributed by atoms with van der Waals surface area (Å²) < 4.78 is 0. The van der Waals surface area contributed by atoms with E-state index >= 15 is 0 Å². The van der Waals surface area contributed by atoms with E-state index in [1.165, 1.54) is 38.1 Å². The third-order valence-electron chi connectivity index (χ3n) is 13.4. The van der Waals surface area contributed by atoms with Gasteiger partial charge in [0.1, 0.15) is 54.1 Å². The van der Waals surface area contributed by atoms with Gasteiger partial charge in [-0.1, -0.05) is 125 Å². The Bertz CT molecular complexity index is 2280. The predicted octanol–water partition coefficient (Wildman–Crippen LogP) is 1.46. The second-order valence-electron chi connectivity index (χ2n) is 21.8. The number of carbonyl (C=O) groups is 9. The molecule has 0 heterocycles. The maximum atomic E-state index is 14.5. The van der Waals surface area contributed by atoms with Crippen LogP contribution in [0.2, 0.25) is 0 Å². The molecule has 0 radical (unpaired) electrons. The van der Waals surface area contributed by atoms with Gasteiger partial charge in [-0.3, -0.25) is 38.4 Å². The van der Waals surface area contributed by atoms with Crippen molar-refractivity contribution in [3.05, 3.63) is 65.7 Å². The zero-order valence-electron chi connectivity index (χ0n) is 47.4. The van der Waals surface area contributed by atoms with E-state index in [-0.39, 0.29) is 55.6 Å². The normalized spacial score (nSPS) is 16.5. The first-order chi connectivity index (χ1) is 36.5. The molecule has 0 aromatic heterocycles. The molecule has 2 rings (SSSR count). The number of carboxylic acid groups (broad SMARTS) is 1. The molecule has 0 aliphatic rings. The van der Waals surface area contributed by atoms with Gasteiger partial charge >= 0.3 is 5.97 Å². The highest BCUT2D eigenvalue weighted by Gasteiger charge is 2.38. The van der Waals surface area contributed by atoms with Crippen molar-refractivity contribution in [2.75, 3.05) is 0 Å². The van der Waals surface area contributed by atoms with E-state index in [0.29, 0.717) is 18.4 Å². The highest BCUT2D eigenvalue weighted by atomic mass is 16.4. The second-order valence-corrected chi connectivity index (χ2v) is 21.8. The zero-order chi connectivity index (χ0) is 59.1. The van der Waals surface area contributed by atoms with E-state index in [1.807, 2.05) is 58.0 Å². The van der Waals surface area contributed by atoms with Gasteiger partial charge < -0.3 is 68.7 Å². The molecule has 0 saturated carbocycles. The minimum atomic E-state index is -1.71. The Morgan fingerprint density at radius 2 is 0.756 bits per heavy atom. The summed E-state index contributed by atoms with van der Waals surface area (Å²) in [6.45, 7) is 20.2. The van der Waals surface area contributed by atoms with Crippen LogP contribution < -0.4 is 48.3 Å². The minimum Gasteiger partial charge on any atom is -0.508 e. The quantitative estimate of drug-likeness (QED) is 0.0482. The second kappa shape index (κ2) is 32.9. The van der Waals surface area contributed by atoms with Crippen molar-refractivity contribution < 1.29 is 63.6 Å². The van der Waals surface area contributed by atoms with E-state index in [2.05, 4.69) is 42.5 Å². The fourth-order valence-electron chi connectivity index (χ4n) is 8.42. The summed E-state index contributed by atoms with van der Waals surface area (Å²) in [5.74, 6) is -9.59. The van der Waals surface area contributed by atoms with Crippen LogP contribution in [0.4, 0.5) is 0 Å². The molecule has 0 fully saturated rings. The molecule has 78 heavy (non-hydrogen) atoms. The molecule has 0 aliphatic carbocycles. The van der Waals surface area contributed by atoms with Crippen LogP contribution in [0.25, 0.3) is 0 Å². The van der Waals surface area contributed by atoms with Crippen LogP contribution in [0.5, 0.6) is 5.75 Å². The van der Waals surface area contributed by atoms with Crippen LogP contribution in [-0.2, 0) is 56.0 Å². The summed E-state index contributed by atoms with van der Waals surface area (Å²) in [6, 6.07) is 2.71. The van der Waals surface area contributed by atoms with Crippen molar-refractivity contribution in [1.82, 2.24) is 42.5 Å². The standard InChI is InChI=1S/C56H89N9O13/c1-13-32(9)44(53(74)60-42(26-31(7)8)51(72)65-47(35(12)67)55(76)63-45(56(77)78)33(10)14-2)62-52(73)43(28-37-20-22-38(68)23-21-37)61-54(75)46(34(11)66)64-50(71)41(25-30(5)6)59-49(70)40(24-29(3)4)58-48(69)39(57)27-36-18-16-15-17-19-36/h15-23,29-35,39-47,66-68H,13-14,24-28,57H2,1-12H3,(H,58,69)(H,59,70)(H,60,74)(H,61,75)(H,62,73)(H,63,76)(H,64,71)(H,65,72)(H,77,78)/t32-,33-,34+,35+,39-,40-,41-,42-,43-,44-,45-,46-,47-/m0/s1. The molecule has 2 aromatic rings. The number of amides is 8. The molecule has 0 aliphatic heterocycles. The Morgan fingerprint density at radius 3 is 1.18 bits per heavy atom. The Hall–Kier alpha value is -6.65. The number of aliphatic carboxylic acids is 1. The van der Waals surface area contributed by atoms with Crippen molar-refractivity contribution in [1.29, 1.82) is 0 Å². The third-order valence-corrected chi connectivity index (χ3v) is 13.4. The lowest BCUT2D eigenvalue weighted by Crippen LogP contribution is -2.63. The summed E-state index contributed by atoms with van der Waals surface area (Å²) in [7, 11) is 0. The lowest BCUT2D eigenvalue weighted by atomic mass is 9.95. The lowest BCUT2D eigenvalue weighted by Gasteiger charge is -2.31. The fourth-order valence-corrected chi connectivity index (χ4v) is 8.42. The Balaban J connectivity index is 2.46. The van der Waals surface area contributed by atoms with E-state index in [0.717, 1.165) is 5.56 Å². The van der Waals surface area contributed by atoms with Crippen LogP contribution >= 0.6 is 0 Å². The van der Waals surface area contributed by atoms with Crippen molar-refractivity contribution in [3.8, 4) is 5.75 Å². The number of hydrogen-bond acceptors (Lipinski definition) is 13. The molecule has 0 unspecified atom stereocenters. The van der Waals surface area contributed by atoms with Gasteiger partial charge in [-0.15, -0.1) is 0 Å². The molecule has 14 N–H and O–H groups in total. The highest BCUT2D eigenvalue weighted by molar-refractivity contribution is 5.98. The average Bonchev–Trinajstić information content (AvgIpc) is 3.36. The number of rotatable bonds is 33. The molecule has 436 valence electrons. The maximum Gasteiger partial charge on any atom is 0.326 e. The lowest BCUT2D eigenvalue weighted by molar-refractivity contribution is -0.144. The summed E-state index contributed by atoms with van der Waals surface area (Å²) in [5.41, 5.74) is 7.51. The Labute approximate surface area is 459 Å². The van der Waals surface area contributed by atoms with Gasteiger partial charge in [-0.05, 0) is 92.4 Å². The number of aliphatic hydroxyl groups excluding tert-OH is 2. The molecule has 0 bridgehead atoms. The first-order valence-electron chi connectivity index (χ1n) is 27.1. The maximum absolute atomic E-state index is 14.5. The van der Waals surface area contributed by atoms with E-state index < -0.39 is 132 Å². The average molecular weight is 1100 g/mol. The molecule has 22 heteroatoms. The number of carboxylic acids is 1. The number of nitrogens with two attached hydrogens (primary N) is 1. The molecule has 2 aromatic carbocycles. The minimum absolute atomic E-state index is 0.0319. The number of nitrogens with one attached hydrogen (secondary N) is 8. The number of hydrogen-bond donors (Lipinski definition) is 13. The van der Waals surface area contributed by atoms with Crippen LogP contribution in [0.3, 0.4) is 0 Å². The van der Waals surface area contributed by atoms with Gasteiger partial charge in [-0.25, -0.2) is 4.79 Å². The predicted molar refractivity (Wildman–Crippen MR) is 294 cm³/mol. The summed E-state index contributed by atoms with van der Waals surface area (Å²) in [6.07, 6.45) is -2.03. The largest absolute Gasteiger partial charge is 0.508 e. The van der Waals surface area contributed by atoms with Crippen molar-refractivity contribution in [2.24, 2.45) is 35.3 Å². The Morgan fingerprint density at radius 1 is 0.423 bits per heavy atom. The van der Waals surface area contributed by atoms with Gasteiger partial charge in [0.2, 0.25) is 47.3 Å². The fraction of sp³-hybridized carbons (Fsp3) is 0.625. The third kappa shape index (κ3) is 22.7. The van der Waals surface area contributed by atoms with Gasteiger partial charge in [0.25, 0.3) is 0 Å². The number of carbonyl (C=O) groups excluding carboxylic acids is 8. The van der Waals surface area contributed by atoms with Gasteiger partial charge in [0, 0.05) is 6.42 Å². The van der Waals surface area contributed by atoms with Crippen molar-refractivity contribution in [2.45, 2.75) is 195 Å². The smallest absolute Gasteiger partial charge is 0.326 e. The van der Waals surface area contributed by atoms with Crippen LogP contribution in [0, 0.1) is 29.6 Å². The van der Waals surface area contributed by atoms with Crippen molar-refractivity contribution >= 4 is 53.2 Å². The van der Waals surface area contributed by atoms with Gasteiger partial charge in [0.15, 0.2) is 0 Å². The zero-order valence-corrected chi connectivity index (χ0v) is 47.4. The Kier molecular flexibility index (Phi) is 28.5. The molecular weight excluding hydrogens is 1010 g/mol.